The summed E-state index contributed by atoms with van der Waals surface area (Å²) < 4.78 is 5.06. The molecule has 0 radical (unpaired) electrons. The summed E-state index contributed by atoms with van der Waals surface area (Å²) in [6.07, 6.45) is 1.74. The lowest BCUT2D eigenvalue weighted by Gasteiger charge is -2.06. The van der Waals surface area contributed by atoms with Crippen molar-refractivity contribution in [3.63, 3.8) is 0 Å². The molecule has 0 bridgehead atoms. The lowest BCUT2D eigenvalue weighted by atomic mass is 10.1. The number of carbonyl (C=O) groups excluding carboxylic acids is 1. The fraction of sp³-hybridized carbons (Fsp3) is 0.125. The summed E-state index contributed by atoms with van der Waals surface area (Å²) in [5, 5.41) is 4.66. The molecule has 22 heavy (non-hydrogen) atoms. The van der Waals surface area contributed by atoms with Crippen LogP contribution in [0.2, 0.25) is 10.0 Å². The summed E-state index contributed by atoms with van der Waals surface area (Å²) in [7, 11) is 1.49. The summed E-state index contributed by atoms with van der Waals surface area (Å²) in [5.74, 6) is 0.210. The van der Waals surface area contributed by atoms with Gasteiger partial charge in [0.25, 0.3) is 0 Å². The van der Waals surface area contributed by atoms with Gasteiger partial charge in [-0.25, -0.2) is 5.43 Å². The number of amides is 1. The molecule has 0 aliphatic rings. The first kappa shape index (κ1) is 16.3. The van der Waals surface area contributed by atoms with Gasteiger partial charge >= 0.3 is 0 Å². The van der Waals surface area contributed by atoms with Crippen LogP contribution in [0.15, 0.2) is 47.6 Å². The van der Waals surface area contributed by atoms with Crippen LogP contribution >= 0.6 is 23.2 Å². The molecule has 1 N–H and O–H groups in total. The number of nitrogens with zero attached hydrogens (tertiary/aromatic N) is 1. The van der Waals surface area contributed by atoms with Gasteiger partial charge in [-0.3, -0.25) is 4.79 Å². The van der Waals surface area contributed by atoms with Crippen LogP contribution in [0.4, 0.5) is 0 Å². The highest BCUT2D eigenvalue weighted by Gasteiger charge is 2.07. The highest BCUT2D eigenvalue weighted by Crippen LogP contribution is 2.33. The van der Waals surface area contributed by atoms with E-state index in [0.717, 1.165) is 5.56 Å². The molecule has 0 heterocycles. The Hall–Kier alpha value is -2.04. The fourth-order valence-corrected chi connectivity index (χ4v) is 2.51. The average Bonchev–Trinajstić information content (AvgIpc) is 2.48. The SMILES string of the molecule is COc1c(Cl)cc(/C=N\NC(=O)Cc2ccccc2)cc1Cl. The van der Waals surface area contributed by atoms with Gasteiger partial charge in [0.15, 0.2) is 5.75 Å². The van der Waals surface area contributed by atoms with Crippen LogP contribution in [0.25, 0.3) is 0 Å². The molecule has 0 atom stereocenters. The summed E-state index contributed by atoms with van der Waals surface area (Å²) in [4.78, 5) is 11.7. The average molecular weight is 337 g/mol. The number of methoxy groups -OCH3 is 1. The monoisotopic (exact) mass is 336 g/mol. The standard InChI is InChI=1S/C16H14Cl2N2O2/c1-22-16-13(17)7-12(8-14(16)18)10-19-20-15(21)9-11-5-3-2-4-6-11/h2-8,10H,9H2,1H3,(H,20,21)/b19-10-. The van der Waals surface area contributed by atoms with E-state index in [4.69, 9.17) is 27.9 Å². The number of halogens is 2. The van der Waals surface area contributed by atoms with E-state index >= 15 is 0 Å². The molecule has 0 spiro atoms. The third-order valence-electron chi connectivity index (χ3n) is 2.84. The van der Waals surface area contributed by atoms with Gasteiger partial charge in [-0.05, 0) is 23.3 Å². The fourth-order valence-electron chi connectivity index (χ4n) is 1.85. The van der Waals surface area contributed by atoms with Crippen molar-refractivity contribution in [3.05, 3.63) is 63.6 Å². The van der Waals surface area contributed by atoms with Gasteiger partial charge in [0.05, 0.1) is 29.8 Å². The molecule has 6 heteroatoms. The van der Waals surface area contributed by atoms with Crippen molar-refractivity contribution in [1.29, 1.82) is 0 Å². The lowest BCUT2D eigenvalue weighted by molar-refractivity contribution is -0.120. The Kier molecular flexibility index (Phi) is 5.81. The number of carbonyl (C=O) groups is 1. The van der Waals surface area contributed by atoms with Crippen LogP contribution in [0.1, 0.15) is 11.1 Å². The second kappa shape index (κ2) is 7.82. The summed E-state index contributed by atoms with van der Waals surface area (Å²) in [6.45, 7) is 0. The van der Waals surface area contributed by atoms with Crippen LogP contribution < -0.4 is 10.2 Å². The van der Waals surface area contributed by atoms with Gasteiger partial charge < -0.3 is 4.74 Å². The maximum Gasteiger partial charge on any atom is 0.244 e. The first-order chi connectivity index (χ1) is 10.6. The Balaban J connectivity index is 1.96. The second-order valence-corrected chi connectivity index (χ2v) is 5.29. The first-order valence-corrected chi connectivity index (χ1v) is 7.24. The lowest BCUT2D eigenvalue weighted by Crippen LogP contribution is -2.19. The minimum Gasteiger partial charge on any atom is -0.494 e. The number of rotatable bonds is 5. The highest BCUT2D eigenvalue weighted by molar-refractivity contribution is 6.37. The Morgan fingerprint density at radius 2 is 1.86 bits per heavy atom. The Morgan fingerprint density at radius 3 is 2.45 bits per heavy atom. The molecule has 0 saturated carbocycles. The van der Waals surface area contributed by atoms with Gasteiger partial charge in [0.1, 0.15) is 0 Å². The molecule has 2 aromatic carbocycles. The van der Waals surface area contributed by atoms with Crippen molar-refractivity contribution in [2.75, 3.05) is 7.11 Å². The number of benzene rings is 2. The van der Waals surface area contributed by atoms with E-state index in [1.54, 1.807) is 12.1 Å². The molecule has 0 aromatic heterocycles. The van der Waals surface area contributed by atoms with Crippen LogP contribution in [0.5, 0.6) is 5.75 Å². The summed E-state index contributed by atoms with van der Waals surface area (Å²) >= 11 is 12.1. The molecule has 4 nitrogen and oxygen atoms in total. The zero-order chi connectivity index (χ0) is 15.9. The molecule has 0 fully saturated rings. The summed E-state index contributed by atoms with van der Waals surface area (Å²) in [5.41, 5.74) is 4.05. The van der Waals surface area contributed by atoms with E-state index in [0.29, 0.717) is 21.4 Å². The second-order valence-electron chi connectivity index (χ2n) is 4.47. The van der Waals surface area contributed by atoms with Gasteiger partial charge in [-0.2, -0.15) is 5.10 Å². The maximum atomic E-state index is 11.7. The topological polar surface area (TPSA) is 50.7 Å². The molecule has 2 aromatic rings. The molecule has 0 unspecified atom stereocenters. The third-order valence-corrected chi connectivity index (χ3v) is 3.40. The molecule has 2 rings (SSSR count). The number of ether oxygens (including phenoxy) is 1. The quantitative estimate of drug-likeness (QED) is 0.668. The van der Waals surface area contributed by atoms with Crippen molar-refractivity contribution in [2.24, 2.45) is 5.10 Å². The molecule has 0 aliphatic carbocycles. The van der Waals surface area contributed by atoms with E-state index < -0.39 is 0 Å². The van der Waals surface area contributed by atoms with Crippen molar-refractivity contribution >= 4 is 35.3 Å². The maximum absolute atomic E-state index is 11.7. The van der Waals surface area contributed by atoms with Crippen molar-refractivity contribution < 1.29 is 9.53 Å². The normalized spacial score (nSPS) is 10.7. The predicted octanol–water partition coefficient (Wildman–Crippen LogP) is 3.69. The van der Waals surface area contributed by atoms with Crippen LogP contribution in [0.3, 0.4) is 0 Å². The minimum absolute atomic E-state index is 0.201. The van der Waals surface area contributed by atoms with Gasteiger partial charge in [0.2, 0.25) is 5.91 Å². The van der Waals surface area contributed by atoms with Crippen LogP contribution in [-0.4, -0.2) is 19.2 Å². The Morgan fingerprint density at radius 1 is 1.23 bits per heavy atom. The number of hydrogen-bond acceptors (Lipinski definition) is 3. The van der Waals surface area contributed by atoms with E-state index in [1.807, 2.05) is 30.3 Å². The predicted molar refractivity (Wildman–Crippen MR) is 88.9 cm³/mol. The Labute approximate surface area is 138 Å². The van der Waals surface area contributed by atoms with E-state index in [2.05, 4.69) is 10.5 Å². The van der Waals surface area contributed by atoms with E-state index in [-0.39, 0.29) is 12.3 Å². The highest BCUT2D eigenvalue weighted by atomic mass is 35.5. The first-order valence-electron chi connectivity index (χ1n) is 6.49. The summed E-state index contributed by atoms with van der Waals surface area (Å²) in [6, 6.07) is 12.7. The van der Waals surface area contributed by atoms with E-state index in [1.165, 1.54) is 13.3 Å². The van der Waals surface area contributed by atoms with Crippen LogP contribution in [-0.2, 0) is 11.2 Å². The molecule has 0 saturated heterocycles. The van der Waals surface area contributed by atoms with Crippen molar-refractivity contribution in [3.8, 4) is 5.75 Å². The van der Waals surface area contributed by atoms with Gasteiger partial charge in [0, 0.05) is 0 Å². The molecular weight excluding hydrogens is 323 g/mol. The zero-order valence-corrected chi connectivity index (χ0v) is 13.4. The van der Waals surface area contributed by atoms with Crippen LogP contribution in [0, 0.1) is 0 Å². The molecule has 0 aliphatic heterocycles. The molecular formula is C16H14Cl2N2O2. The Bertz CT molecular complexity index is 665. The minimum atomic E-state index is -0.201. The molecule has 1 amide bonds. The number of hydrazone groups is 1. The van der Waals surface area contributed by atoms with Gasteiger partial charge in [-0.15, -0.1) is 0 Å². The largest absolute Gasteiger partial charge is 0.494 e. The zero-order valence-electron chi connectivity index (χ0n) is 11.8. The van der Waals surface area contributed by atoms with Crippen molar-refractivity contribution in [1.82, 2.24) is 5.43 Å². The number of nitrogens with one attached hydrogen (secondary N) is 1. The smallest absolute Gasteiger partial charge is 0.244 e. The van der Waals surface area contributed by atoms with Crippen molar-refractivity contribution in [2.45, 2.75) is 6.42 Å². The van der Waals surface area contributed by atoms with E-state index in [9.17, 15) is 4.79 Å². The third kappa shape index (κ3) is 4.48. The number of hydrogen-bond donors (Lipinski definition) is 1. The van der Waals surface area contributed by atoms with Gasteiger partial charge in [-0.1, -0.05) is 53.5 Å². The molecule has 114 valence electrons.